The lowest BCUT2D eigenvalue weighted by atomic mass is 10.1. The number of hydrogen-bond donors (Lipinski definition) is 4. The second-order valence-corrected chi connectivity index (χ2v) is 5.12. The smallest absolute Gasteiger partial charge is 0.197 e. The third kappa shape index (κ3) is 2.46. The molecular formula is C15H10ClNO6. The fraction of sp³-hybridized carbons (Fsp3) is 0. The Kier molecular flexibility index (Phi) is 3.61. The molecule has 0 saturated carbocycles. The van der Waals surface area contributed by atoms with Crippen LogP contribution >= 0.6 is 11.6 Å². The van der Waals surface area contributed by atoms with Crippen molar-refractivity contribution in [3.8, 4) is 22.8 Å². The summed E-state index contributed by atoms with van der Waals surface area (Å²) in [7, 11) is 0. The van der Waals surface area contributed by atoms with Crippen molar-refractivity contribution in [3.63, 3.8) is 0 Å². The maximum atomic E-state index is 12.3. The predicted molar refractivity (Wildman–Crippen MR) is 82.3 cm³/mol. The van der Waals surface area contributed by atoms with E-state index in [2.05, 4.69) is 0 Å². The quantitative estimate of drug-likeness (QED) is 0.532. The third-order valence-electron chi connectivity index (χ3n) is 3.27. The molecule has 0 aliphatic rings. The molecule has 23 heavy (non-hydrogen) atoms. The van der Waals surface area contributed by atoms with E-state index < -0.39 is 33.4 Å². The van der Waals surface area contributed by atoms with Gasteiger partial charge in [-0.25, -0.2) is 0 Å². The molecule has 0 unspecified atom stereocenters. The second kappa shape index (κ2) is 5.47. The average molecular weight is 336 g/mol. The third-order valence-corrected chi connectivity index (χ3v) is 3.60. The first-order chi connectivity index (χ1) is 10.9. The summed E-state index contributed by atoms with van der Waals surface area (Å²) in [6.45, 7) is 0. The molecule has 0 atom stereocenters. The number of nitrogens with zero attached hydrogens (tertiary/aromatic N) is 1. The lowest BCUT2D eigenvalue weighted by Crippen LogP contribution is -2.13. The molecule has 3 rings (SSSR count). The minimum Gasteiger partial charge on any atom is -0.507 e. The van der Waals surface area contributed by atoms with Gasteiger partial charge in [-0.05, 0) is 12.1 Å². The van der Waals surface area contributed by atoms with Gasteiger partial charge < -0.3 is 14.6 Å². The first-order valence-electron chi connectivity index (χ1n) is 6.35. The lowest BCUT2D eigenvalue weighted by molar-refractivity contribution is 0.0283. The Balaban J connectivity index is 2.44. The van der Waals surface area contributed by atoms with Gasteiger partial charge in [-0.3, -0.25) is 15.2 Å². The molecular weight excluding hydrogens is 326 g/mol. The van der Waals surface area contributed by atoms with E-state index in [0.717, 1.165) is 12.1 Å². The average Bonchev–Trinajstić information content (AvgIpc) is 2.46. The number of aromatic hydroxyl groups is 2. The first kappa shape index (κ1) is 15.2. The van der Waals surface area contributed by atoms with Crippen LogP contribution in [0.25, 0.3) is 22.3 Å². The zero-order valence-electron chi connectivity index (χ0n) is 11.4. The van der Waals surface area contributed by atoms with E-state index in [0.29, 0.717) is 10.6 Å². The van der Waals surface area contributed by atoms with Crippen LogP contribution in [-0.2, 0) is 0 Å². The molecule has 8 heteroatoms. The van der Waals surface area contributed by atoms with Gasteiger partial charge in [0.1, 0.15) is 16.9 Å². The highest BCUT2D eigenvalue weighted by Crippen LogP contribution is 2.40. The van der Waals surface area contributed by atoms with Crippen LogP contribution in [-0.4, -0.2) is 20.6 Å². The van der Waals surface area contributed by atoms with Crippen molar-refractivity contribution in [2.45, 2.75) is 0 Å². The molecule has 0 saturated heterocycles. The Bertz CT molecular complexity index is 966. The molecule has 7 nitrogen and oxygen atoms in total. The molecule has 4 N–H and O–H groups in total. The number of hydrogen-bond acceptors (Lipinski definition) is 7. The number of benzene rings is 2. The molecule has 0 bridgehead atoms. The van der Waals surface area contributed by atoms with Crippen LogP contribution in [0.3, 0.4) is 0 Å². The monoisotopic (exact) mass is 335 g/mol. The molecule has 2 aromatic carbocycles. The Morgan fingerprint density at radius 3 is 2.39 bits per heavy atom. The summed E-state index contributed by atoms with van der Waals surface area (Å²) in [5.74, 6) is -1.19. The lowest BCUT2D eigenvalue weighted by Gasteiger charge is -2.14. The zero-order valence-corrected chi connectivity index (χ0v) is 12.2. The van der Waals surface area contributed by atoms with Crippen molar-refractivity contribution < 1.29 is 25.0 Å². The summed E-state index contributed by atoms with van der Waals surface area (Å²) in [5, 5.41) is 37.7. The molecule has 0 amide bonds. The number of rotatable bonds is 2. The highest BCUT2D eigenvalue weighted by molar-refractivity contribution is 6.33. The molecule has 0 fully saturated rings. The fourth-order valence-electron chi connectivity index (χ4n) is 2.28. The van der Waals surface area contributed by atoms with Gasteiger partial charge in [-0.2, -0.15) is 0 Å². The van der Waals surface area contributed by atoms with Gasteiger partial charge in [0.2, 0.25) is 0 Å². The highest BCUT2D eigenvalue weighted by atomic mass is 35.5. The molecule has 1 heterocycles. The minimum atomic E-state index is -0.681. The van der Waals surface area contributed by atoms with Crippen LogP contribution in [0.2, 0.25) is 5.02 Å². The summed E-state index contributed by atoms with van der Waals surface area (Å²) >= 11 is 6.06. The maximum Gasteiger partial charge on any atom is 0.197 e. The second-order valence-electron chi connectivity index (χ2n) is 4.71. The van der Waals surface area contributed by atoms with Gasteiger partial charge in [0.15, 0.2) is 22.4 Å². The van der Waals surface area contributed by atoms with Crippen molar-refractivity contribution in [2.75, 3.05) is 5.23 Å². The van der Waals surface area contributed by atoms with Crippen molar-refractivity contribution in [3.05, 3.63) is 51.6 Å². The summed E-state index contributed by atoms with van der Waals surface area (Å²) in [5.41, 5.74) is -1.22. The Labute approximate surface area is 133 Å². The van der Waals surface area contributed by atoms with Gasteiger partial charge in [0.25, 0.3) is 0 Å². The molecule has 0 radical (unpaired) electrons. The van der Waals surface area contributed by atoms with Crippen LogP contribution in [0.4, 0.5) is 5.69 Å². The van der Waals surface area contributed by atoms with E-state index in [-0.39, 0.29) is 11.1 Å². The Morgan fingerprint density at radius 1 is 1.04 bits per heavy atom. The number of phenols is 2. The summed E-state index contributed by atoms with van der Waals surface area (Å²) < 4.78 is 5.50. The van der Waals surface area contributed by atoms with Crippen LogP contribution < -0.4 is 10.7 Å². The Morgan fingerprint density at radius 2 is 1.74 bits per heavy atom. The fourth-order valence-corrected chi connectivity index (χ4v) is 2.51. The van der Waals surface area contributed by atoms with E-state index in [1.807, 2.05) is 0 Å². The summed E-state index contributed by atoms with van der Waals surface area (Å²) in [4.78, 5) is 12.3. The number of phenolic OH excluding ortho intramolecular Hbond substituents is 2. The van der Waals surface area contributed by atoms with Crippen molar-refractivity contribution in [1.82, 2.24) is 0 Å². The maximum absolute atomic E-state index is 12.3. The van der Waals surface area contributed by atoms with E-state index in [4.69, 9.17) is 16.0 Å². The van der Waals surface area contributed by atoms with Crippen LogP contribution in [0.5, 0.6) is 11.5 Å². The van der Waals surface area contributed by atoms with Crippen molar-refractivity contribution in [1.29, 1.82) is 0 Å². The number of fused-ring (bicyclic) bond motifs is 1. The number of halogens is 1. The normalized spacial score (nSPS) is 10.9. The number of anilines is 1. The zero-order chi connectivity index (χ0) is 16.7. The summed E-state index contributed by atoms with van der Waals surface area (Å²) in [6.07, 6.45) is 0. The molecule has 3 aromatic rings. The molecule has 1 aromatic heterocycles. The molecule has 0 aliphatic heterocycles. The largest absolute Gasteiger partial charge is 0.507 e. The first-order valence-corrected chi connectivity index (χ1v) is 6.73. The highest BCUT2D eigenvalue weighted by Gasteiger charge is 2.21. The van der Waals surface area contributed by atoms with Gasteiger partial charge in [-0.1, -0.05) is 23.7 Å². The van der Waals surface area contributed by atoms with Crippen molar-refractivity contribution >= 4 is 28.3 Å². The van der Waals surface area contributed by atoms with Gasteiger partial charge in [0.05, 0.1) is 5.02 Å². The standard InChI is InChI=1S/C15H10ClNO6/c16-8-4-2-1-3-7(8)12-6-10(19)13-9(18)5-11(20)14(17(21)22)15(13)23-12/h1-6,18,20-22H. The van der Waals surface area contributed by atoms with Gasteiger partial charge >= 0.3 is 0 Å². The van der Waals surface area contributed by atoms with Crippen LogP contribution in [0.15, 0.2) is 45.6 Å². The van der Waals surface area contributed by atoms with E-state index in [9.17, 15) is 25.4 Å². The van der Waals surface area contributed by atoms with Gasteiger partial charge in [0, 0.05) is 17.7 Å². The molecule has 0 spiro atoms. The van der Waals surface area contributed by atoms with Gasteiger partial charge in [-0.15, -0.1) is 5.23 Å². The topological polar surface area (TPSA) is 114 Å². The van der Waals surface area contributed by atoms with Crippen molar-refractivity contribution in [2.24, 2.45) is 0 Å². The SMILES string of the molecule is O=c1cc(-c2ccccc2Cl)oc2c(N(O)O)c(O)cc(O)c12. The summed E-state index contributed by atoms with van der Waals surface area (Å²) in [6, 6.07) is 8.48. The molecule has 118 valence electrons. The molecule has 0 aliphatic carbocycles. The predicted octanol–water partition coefficient (Wildman–Crippen LogP) is 3.11. The Hall–Kier alpha value is -2.74. The van der Waals surface area contributed by atoms with Crippen LogP contribution in [0, 0.1) is 0 Å². The van der Waals surface area contributed by atoms with E-state index in [1.54, 1.807) is 24.3 Å². The minimum absolute atomic E-state index is 0.0428. The van der Waals surface area contributed by atoms with E-state index in [1.165, 1.54) is 0 Å². The van der Waals surface area contributed by atoms with Crippen LogP contribution in [0.1, 0.15) is 0 Å². The van der Waals surface area contributed by atoms with E-state index >= 15 is 0 Å².